The van der Waals surface area contributed by atoms with Gasteiger partial charge in [-0.1, -0.05) is 6.07 Å². The van der Waals surface area contributed by atoms with Crippen molar-refractivity contribution in [3.05, 3.63) is 65.7 Å². The fraction of sp³-hybridized carbons (Fsp3) is 0.273. The molecule has 30 heavy (non-hydrogen) atoms. The van der Waals surface area contributed by atoms with Gasteiger partial charge in [-0.3, -0.25) is 9.59 Å². The Morgan fingerprint density at radius 2 is 1.83 bits per heavy atom. The van der Waals surface area contributed by atoms with Crippen LogP contribution in [0, 0.1) is 11.6 Å². The standard InChI is InChI=1S/C22H23F2N3O3/c1-30-20-8-2-16(14-19(20)24)3-9-22(29)27-12-10-26(11-13-27)15-21(28)25-18-6-4-17(23)5-7-18/h2-9,14H,10-13,15H2,1H3,(H,25,28)/p+1/b9-3+. The fourth-order valence-corrected chi connectivity index (χ4v) is 3.24. The number of piperazine rings is 1. The number of nitrogens with one attached hydrogen (secondary N) is 2. The lowest BCUT2D eigenvalue weighted by Crippen LogP contribution is -3.15. The molecule has 1 heterocycles. The molecule has 1 aliphatic rings. The van der Waals surface area contributed by atoms with Crippen molar-refractivity contribution in [2.75, 3.05) is 45.2 Å². The third-order valence-corrected chi connectivity index (χ3v) is 4.91. The molecule has 0 atom stereocenters. The van der Waals surface area contributed by atoms with Crippen LogP contribution in [0.25, 0.3) is 6.08 Å². The normalized spacial score (nSPS) is 14.7. The van der Waals surface area contributed by atoms with Gasteiger partial charge in [0.25, 0.3) is 5.91 Å². The molecule has 1 saturated heterocycles. The smallest absolute Gasteiger partial charge is 0.279 e. The molecule has 0 bridgehead atoms. The van der Waals surface area contributed by atoms with Crippen LogP contribution in [0.4, 0.5) is 14.5 Å². The highest BCUT2D eigenvalue weighted by Gasteiger charge is 2.24. The Labute approximate surface area is 173 Å². The average Bonchev–Trinajstić information content (AvgIpc) is 2.74. The van der Waals surface area contributed by atoms with E-state index in [-0.39, 0.29) is 29.9 Å². The van der Waals surface area contributed by atoms with E-state index in [1.807, 2.05) is 0 Å². The van der Waals surface area contributed by atoms with Gasteiger partial charge in [0.05, 0.1) is 33.3 Å². The van der Waals surface area contributed by atoms with Crippen LogP contribution >= 0.6 is 0 Å². The van der Waals surface area contributed by atoms with E-state index in [0.717, 1.165) is 4.90 Å². The number of amides is 2. The van der Waals surface area contributed by atoms with Gasteiger partial charge in [0.1, 0.15) is 5.82 Å². The van der Waals surface area contributed by atoms with Gasteiger partial charge in [-0.25, -0.2) is 8.78 Å². The number of nitrogens with zero attached hydrogens (tertiary/aromatic N) is 1. The van der Waals surface area contributed by atoms with Gasteiger partial charge in [0.2, 0.25) is 5.91 Å². The van der Waals surface area contributed by atoms with Crippen LogP contribution in [0.3, 0.4) is 0 Å². The lowest BCUT2D eigenvalue weighted by molar-refractivity contribution is -0.895. The maximum Gasteiger partial charge on any atom is 0.279 e. The van der Waals surface area contributed by atoms with E-state index in [4.69, 9.17) is 4.74 Å². The highest BCUT2D eigenvalue weighted by Crippen LogP contribution is 2.18. The number of carbonyl (C=O) groups is 2. The first kappa shape index (κ1) is 21.4. The van der Waals surface area contributed by atoms with Gasteiger partial charge < -0.3 is 19.9 Å². The second-order valence-electron chi connectivity index (χ2n) is 7.03. The van der Waals surface area contributed by atoms with E-state index in [1.54, 1.807) is 17.0 Å². The van der Waals surface area contributed by atoms with E-state index in [1.165, 1.54) is 49.6 Å². The molecule has 0 aliphatic carbocycles. The van der Waals surface area contributed by atoms with Gasteiger partial charge in [-0.2, -0.15) is 0 Å². The summed E-state index contributed by atoms with van der Waals surface area (Å²) in [5.74, 6) is -0.992. The second-order valence-corrected chi connectivity index (χ2v) is 7.03. The zero-order valence-corrected chi connectivity index (χ0v) is 16.7. The molecule has 0 aromatic heterocycles. The summed E-state index contributed by atoms with van der Waals surface area (Å²) < 4.78 is 31.5. The van der Waals surface area contributed by atoms with Crippen LogP contribution in [0.5, 0.6) is 5.75 Å². The summed E-state index contributed by atoms with van der Waals surface area (Å²) in [7, 11) is 1.39. The Hall–Kier alpha value is -3.26. The maximum absolute atomic E-state index is 13.7. The summed E-state index contributed by atoms with van der Waals surface area (Å²) in [6, 6.07) is 10.1. The van der Waals surface area contributed by atoms with Crippen molar-refractivity contribution in [2.45, 2.75) is 0 Å². The number of quaternary nitrogens is 1. The summed E-state index contributed by atoms with van der Waals surface area (Å²) in [5.41, 5.74) is 1.12. The number of carbonyl (C=O) groups excluding carboxylic acids is 2. The lowest BCUT2D eigenvalue weighted by atomic mass is 10.2. The minimum Gasteiger partial charge on any atom is -0.494 e. The summed E-state index contributed by atoms with van der Waals surface area (Å²) in [4.78, 5) is 27.3. The predicted molar refractivity (Wildman–Crippen MR) is 109 cm³/mol. The molecule has 0 spiro atoms. The van der Waals surface area contributed by atoms with Crippen molar-refractivity contribution in [1.82, 2.24) is 4.90 Å². The average molecular weight is 416 g/mol. The van der Waals surface area contributed by atoms with E-state index in [0.29, 0.717) is 37.4 Å². The number of halogens is 2. The third-order valence-electron chi connectivity index (χ3n) is 4.91. The molecule has 6 nitrogen and oxygen atoms in total. The second kappa shape index (κ2) is 9.98. The van der Waals surface area contributed by atoms with Gasteiger partial charge in [0.15, 0.2) is 18.1 Å². The molecular weight excluding hydrogens is 392 g/mol. The summed E-state index contributed by atoms with van der Waals surface area (Å²) >= 11 is 0. The molecule has 2 amide bonds. The van der Waals surface area contributed by atoms with E-state index < -0.39 is 5.82 Å². The Morgan fingerprint density at radius 3 is 2.47 bits per heavy atom. The Balaban J connectivity index is 1.45. The number of benzene rings is 2. The third kappa shape index (κ3) is 5.87. The molecule has 2 aromatic carbocycles. The Kier molecular flexibility index (Phi) is 7.13. The SMILES string of the molecule is COc1ccc(/C=C/C(=O)N2CC[NH+](CC(=O)Nc3ccc(F)cc3)CC2)cc1F. The van der Waals surface area contributed by atoms with Gasteiger partial charge in [-0.05, 0) is 48.0 Å². The van der Waals surface area contributed by atoms with Crippen LogP contribution in [0.2, 0.25) is 0 Å². The number of anilines is 1. The number of rotatable bonds is 6. The van der Waals surface area contributed by atoms with Crippen molar-refractivity contribution >= 4 is 23.6 Å². The highest BCUT2D eigenvalue weighted by atomic mass is 19.1. The summed E-state index contributed by atoms with van der Waals surface area (Å²) in [6.45, 7) is 2.63. The number of hydrogen-bond donors (Lipinski definition) is 2. The quantitative estimate of drug-likeness (QED) is 0.699. The summed E-state index contributed by atoms with van der Waals surface area (Å²) in [5, 5.41) is 2.74. The zero-order valence-electron chi connectivity index (χ0n) is 16.7. The molecule has 1 aliphatic heterocycles. The monoisotopic (exact) mass is 416 g/mol. The van der Waals surface area contributed by atoms with Crippen LogP contribution in [0.15, 0.2) is 48.5 Å². The topological polar surface area (TPSA) is 63.1 Å². The molecule has 0 unspecified atom stereocenters. The minimum atomic E-state index is -0.483. The number of methoxy groups -OCH3 is 1. The van der Waals surface area contributed by atoms with Crippen LogP contribution in [-0.4, -0.2) is 56.5 Å². The van der Waals surface area contributed by atoms with Crippen LogP contribution in [0.1, 0.15) is 5.56 Å². The fourth-order valence-electron chi connectivity index (χ4n) is 3.24. The van der Waals surface area contributed by atoms with E-state index in [9.17, 15) is 18.4 Å². The molecule has 0 saturated carbocycles. The molecule has 8 heteroatoms. The van der Waals surface area contributed by atoms with Gasteiger partial charge >= 0.3 is 0 Å². The van der Waals surface area contributed by atoms with Crippen molar-refractivity contribution in [1.29, 1.82) is 0 Å². The van der Waals surface area contributed by atoms with E-state index >= 15 is 0 Å². The zero-order chi connectivity index (χ0) is 21.5. The van der Waals surface area contributed by atoms with Crippen LogP contribution < -0.4 is 15.0 Å². The molecule has 158 valence electrons. The minimum absolute atomic E-state index is 0.152. The maximum atomic E-state index is 13.7. The van der Waals surface area contributed by atoms with Crippen molar-refractivity contribution in [3.63, 3.8) is 0 Å². The van der Waals surface area contributed by atoms with Gasteiger partial charge in [-0.15, -0.1) is 0 Å². The first-order valence-corrected chi connectivity index (χ1v) is 9.64. The molecule has 0 radical (unpaired) electrons. The Bertz CT molecular complexity index is 924. The first-order valence-electron chi connectivity index (χ1n) is 9.64. The van der Waals surface area contributed by atoms with Gasteiger partial charge in [0, 0.05) is 11.8 Å². The Morgan fingerprint density at radius 1 is 1.13 bits per heavy atom. The summed E-state index contributed by atoms with van der Waals surface area (Å²) in [6.07, 6.45) is 2.99. The predicted octanol–water partition coefficient (Wildman–Crippen LogP) is 1.35. The first-order chi connectivity index (χ1) is 14.4. The number of ether oxygens (including phenoxy) is 1. The van der Waals surface area contributed by atoms with Crippen molar-refractivity contribution in [2.24, 2.45) is 0 Å². The molecule has 2 N–H and O–H groups in total. The molecule has 2 aromatic rings. The largest absolute Gasteiger partial charge is 0.494 e. The van der Waals surface area contributed by atoms with Crippen molar-refractivity contribution in [3.8, 4) is 5.75 Å². The molecular formula is C22H24F2N3O3+. The highest BCUT2D eigenvalue weighted by molar-refractivity contribution is 5.92. The molecule has 1 fully saturated rings. The van der Waals surface area contributed by atoms with Crippen molar-refractivity contribution < 1.29 is 28.0 Å². The van der Waals surface area contributed by atoms with Crippen LogP contribution in [-0.2, 0) is 9.59 Å². The number of hydrogen-bond acceptors (Lipinski definition) is 3. The molecule has 3 rings (SSSR count). The van der Waals surface area contributed by atoms with E-state index in [2.05, 4.69) is 5.32 Å². The lowest BCUT2D eigenvalue weighted by Gasteiger charge is -2.31.